The molecule has 0 radical (unpaired) electrons. The first-order valence-electron chi connectivity index (χ1n) is 9.64. The van der Waals surface area contributed by atoms with Crippen molar-refractivity contribution in [1.29, 1.82) is 0 Å². The fourth-order valence-electron chi connectivity index (χ4n) is 3.31. The minimum absolute atomic E-state index is 0.151. The zero-order valence-electron chi connectivity index (χ0n) is 17.1. The number of imidazole rings is 1. The first kappa shape index (κ1) is 19.5. The van der Waals surface area contributed by atoms with E-state index in [-0.39, 0.29) is 6.61 Å². The van der Waals surface area contributed by atoms with E-state index in [4.69, 9.17) is 9.47 Å². The van der Waals surface area contributed by atoms with Gasteiger partial charge in [0.05, 0.1) is 30.2 Å². The Hall–Kier alpha value is -3.81. The lowest BCUT2D eigenvalue weighted by molar-refractivity contribution is 0.155. The van der Waals surface area contributed by atoms with Crippen LogP contribution >= 0.6 is 0 Å². The molecular formula is C22H23N5O3. The number of amides is 1. The van der Waals surface area contributed by atoms with Crippen molar-refractivity contribution >= 4 is 22.9 Å². The first-order valence-corrected chi connectivity index (χ1v) is 9.64. The molecule has 0 fully saturated rings. The normalized spacial score (nSPS) is 10.9. The average Bonchev–Trinajstić information content (AvgIpc) is 3.35. The molecule has 0 saturated heterocycles. The Bertz CT molecular complexity index is 1190. The van der Waals surface area contributed by atoms with E-state index in [1.54, 1.807) is 18.1 Å². The van der Waals surface area contributed by atoms with Gasteiger partial charge in [0.1, 0.15) is 18.2 Å². The summed E-state index contributed by atoms with van der Waals surface area (Å²) in [6.07, 6.45) is 1.21. The van der Waals surface area contributed by atoms with Crippen LogP contribution in [-0.2, 0) is 24.9 Å². The highest BCUT2D eigenvalue weighted by molar-refractivity contribution is 5.85. The Morgan fingerprint density at radius 2 is 2.00 bits per heavy atom. The summed E-state index contributed by atoms with van der Waals surface area (Å²) in [5, 5.41) is 7.35. The number of methoxy groups -OCH3 is 1. The van der Waals surface area contributed by atoms with Crippen molar-refractivity contribution in [3.05, 3.63) is 60.4 Å². The zero-order chi connectivity index (χ0) is 21.1. The minimum Gasteiger partial charge on any atom is -0.496 e. The summed E-state index contributed by atoms with van der Waals surface area (Å²) in [6, 6.07) is 15.2. The van der Waals surface area contributed by atoms with Crippen molar-refractivity contribution in [3.63, 3.8) is 0 Å². The fourth-order valence-corrected chi connectivity index (χ4v) is 3.31. The molecule has 0 aliphatic rings. The van der Waals surface area contributed by atoms with Gasteiger partial charge >= 0.3 is 6.09 Å². The minimum atomic E-state index is -0.544. The number of carbonyl (C=O) groups is 1. The van der Waals surface area contributed by atoms with E-state index >= 15 is 0 Å². The number of hydrogen-bond donors (Lipinski definition) is 1. The summed E-state index contributed by atoms with van der Waals surface area (Å²) in [5.74, 6) is 1.28. The number of fused-ring (bicyclic) bond motifs is 1. The van der Waals surface area contributed by atoms with Crippen LogP contribution in [-0.4, -0.2) is 32.5 Å². The van der Waals surface area contributed by atoms with Crippen molar-refractivity contribution in [2.75, 3.05) is 12.4 Å². The molecule has 0 aliphatic carbocycles. The zero-order valence-corrected chi connectivity index (χ0v) is 17.1. The van der Waals surface area contributed by atoms with Gasteiger partial charge in [0.25, 0.3) is 0 Å². The van der Waals surface area contributed by atoms with Crippen LogP contribution in [0.25, 0.3) is 22.3 Å². The van der Waals surface area contributed by atoms with Gasteiger partial charge in [-0.05, 0) is 36.8 Å². The molecule has 0 aliphatic heterocycles. The number of benzene rings is 2. The highest BCUT2D eigenvalue weighted by Crippen LogP contribution is 2.30. The molecule has 0 unspecified atom stereocenters. The highest BCUT2D eigenvalue weighted by Gasteiger charge is 2.15. The van der Waals surface area contributed by atoms with Gasteiger partial charge in [0, 0.05) is 25.2 Å². The van der Waals surface area contributed by atoms with Crippen LogP contribution in [0, 0.1) is 0 Å². The Morgan fingerprint density at radius 1 is 1.17 bits per heavy atom. The van der Waals surface area contributed by atoms with Gasteiger partial charge in [-0.1, -0.05) is 18.2 Å². The molecule has 1 N–H and O–H groups in total. The standard InChI is InChI=1S/C22H23N5O3/c1-4-27-21(12-17(25-27)16-7-5-6-8-20(16)29-3)24-22(28)30-13-15-9-10-19-18(11-15)23-14-26(19)2/h5-12,14H,4,13H2,1-3H3,(H,24,28). The third-order valence-electron chi connectivity index (χ3n) is 4.85. The number of hydrogen-bond acceptors (Lipinski definition) is 5. The third kappa shape index (κ3) is 3.84. The van der Waals surface area contributed by atoms with E-state index < -0.39 is 6.09 Å². The monoisotopic (exact) mass is 405 g/mol. The molecule has 4 aromatic rings. The number of rotatable bonds is 6. The third-order valence-corrected chi connectivity index (χ3v) is 4.85. The van der Waals surface area contributed by atoms with Crippen molar-refractivity contribution in [2.24, 2.45) is 7.05 Å². The van der Waals surface area contributed by atoms with E-state index in [1.807, 2.05) is 67.1 Å². The molecule has 0 bridgehead atoms. The van der Waals surface area contributed by atoms with Gasteiger partial charge in [-0.25, -0.2) is 14.5 Å². The predicted octanol–water partition coefficient (Wildman–Crippen LogP) is 4.21. The molecule has 2 heterocycles. The number of aryl methyl sites for hydroxylation is 2. The van der Waals surface area contributed by atoms with Crippen molar-refractivity contribution in [1.82, 2.24) is 19.3 Å². The van der Waals surface area contributed by atoms with Gasteiger partial charge in [0.2, 0.25) is 0 Å². The van der Waals surface area contributed by atoms with E-state index in [9.17, 15) is 4.79 Å². The number of nitrogens with zero attached hydrogens (tertiary/aromatic N) is 4. The topological polar surface area (TPSA) is 83.2 Å². The van der Waals surface area contributed by atoms with Crippen LogP contribution in [0.1, 0.15) is 12.5 Å². The highest BCUT2D eigenvalue weighted by atomic mass is 16.5. The molecule has 2 aromatic carbocycles. The van der Waals surface area contributed by atoms with E-state index in [2.05, 4.69) is 15.4 Å². The maximum Gasteiger partial charge on any atom is 0.413 e. The summed E-state index contributed by atoms with van der Waals surface area (Å²) in [7, 11) is 3.56. The molecule has 2 aromatic heterocycles. The first-order chi connectivity index (χ1) is 14.6. The van der Waals surface area contributed by atoms with Crippen molar-refractivity contribution in [3.8, 4) is 17.0 Å². The molecule has 8 heteroatoms. The fraction of sp³-hybridized carbons (Fsp3) is 0.227. The lowest BCUT2D eigenvalue weighted by atomic mass is 10.1. The van der Waals surface area contributed by atoms with Gasteiger partial charge in [0.15, 0.2) is 0 Å². The quantitative estimate of drug-likeness (QED) is 0.519. The lowest BCUT2D eigenvalue weighted by Gasteiger charge is -2.08. The predicted molar refractivity (Wildman–Crippen MR) is 114 cm³/mol. The maximum atomic E-state index is 12.4. The second-order valence-corrected chi connectivity index (χ2v) is 6.81. The largest absolute Gasteiger partial charge is 0.496 e. The van der Waals surface area contributed by atoms with Crippen LogP contribution in [0.2, 0.25) is 0 Å². The van der Waals surface area contributed by atoms with Crippen LogP contribution < -0.4 is 10.1 Å². The number of ether oxygens (including phenoxy) is 2. The summed E-state index contributed by atoms with van der Waals surface area (Å²) in [6.45, 7) is 2.71. The molecule has 154 valence electrons. The van der Waals surface area contributed by atoms with Gasteiger partial charge in [-0.3, -0.25) is 5.32 Å². The van der Waals surface area contributed by atoms with E-state index in [0.29, 0.717) is 18.1 Å². The summed E-state index contributed by atoms with van der Waals surface area (Å²) < 4.78 is 14.5. The molecule has 8 nitrogen and oxygen atoms in total. The number of aromatic nitrogens is 4. The molecule has 1 amide bonds. The Balaban J connectivity index is 1.46. The van der Waals surface area contributed by atoms with Gasteiger partial charge in [-0.15, -0.1) is 0 Å². The van der Waals surface area contributed by atoms with Crippen molar-refractivity contribution in [2.45, 2.75) is 20.1 Å². The molecular weight excluding hydrogens is 382 g/mol. The second-order valence-electron chi connectivity index (χ2n) is 6.81. The summed E-state index contributed by atoms with van der Waals surface area (Å²) in [4.78, 5) is 16.7. The summed E-state index contributed by atoms with van der Waals surface area (Å²) in [5.41, 5.74) is 4.33. The maximum absolute atomic E-state index is 12.4. The molecule has 30 heavy (non-hydrogen) atoms. The number of para-hydroxylation sites is 1. The number of nitrogens with one attached hydrogen (secondary N) is 1. The Labute approximate surface area is 174 Å². The molecule has 0 atom stereocenters. The smallest absolute Gasteiger partial charge is 0.413 e. The number of anilines is 1. The van der Waals surface area contributed by atoms with Crippen LogP contribution in [0.15, 0.2) is 54.9 Å². The summed E-state index contributed by atoms with van der Waals surface area (Å²) >= 11 is 0. The van der Waals surface area contributed by atoms with Gasteiger partial charge in [-0.2, -0.15) is 5.10 Å². The number of carbonyl (C=O) groups excluding carboxylic acids is 1. The van der Waals surface area contributed by atoms with Crippen LogP contribution in [0.3, 0.4) is 0 Å². The van der Waals surface area contributed by atoms with Crippen LogP contribution in [0.5, 0.6) is 5.75 Å². The van der Waals surface area contributed by atoms with Crippen molar-refractivity contribution < 1.29 is 14.3 Å². The molecule has 4 rings (SSSR count). The second kappa shape index (κ2) is 8.28. The Kier molecular flexibility index (Phi) is 5.38. The SMILES string of the molecule is CCn1nc(-c2ccccc2OC)cc1NC(=O)OCc1ccc2c(c1)ncn2C. The van der Waals surface area contributed by atoms with E-state index in [0.717, 1.165) is 27.9 Å². The molecule has 0 saturated carbocycles. The van der Waals surface area contributed by atoms with E-state index in [1.165, 1.54) is 0 Å². The van der Waals surface area contributed by atoms with Crippen LogP contribution in [0.4, 0.5) is 10.6 Å². The molecule has 0 spiro atoms. The van der Waals surface area contributed by atoms with Gasteiger partial charge < -0.3 is 14.0 Å². The lowest BCUT2D eigenvalue weighted by Crippen LogP contribution is -2.16. The average molecular weight is 405 g/mol. The Morgan fingerprint density at radius 3 is 2.80 bits per heavy atom.